The maximum absolute atomic E-state index is 14.9. The van der Waals surface area contributed by atoms with Crippen LogP contribution < -0.4 is 20.4 Å². The van der Waals surface area contributed by atoms with E-state index in [1.165, 1.54) is 5.69 Å². The predicted molar refractivity (Wildman–Crippen MR) is 127 cm³/mol. The highest BCUT2D eigenvalue weighted by Crippen LogP contribution is 2.35. The Morgan fingerprint density at radius 1 is 1.09 bits per heavy atom. The summed E-state index contributed by atoms with van der Waals surface area (Å²) in [5.41, 5.74) is 2.52. The molecule has 3 fully saturated rings. The fraction of sp³-hybridized carbons (Fsp3) is 0.462. The zero-order valence-corrected chi connectivity index (χ0v) is 18.7. The van der Waals surface area contributed by atoms with Gasteiger partial charge in [-0.05, 0) is 55.0 Å². The molecule has 6 nitrogen and oxygen atoms in total. The van der Waals surface area contributed by atoms with Crippen molar-refractivity contribution >= 4 is 17.3 Å². The van der Waals surface area contributed by atoms with Crippen LogP contribution in [0.15, 0.2) is 48.5 Å². The van der Waals surface area contributed by atoms with Crippen molar-refractivity contribution in [2.45, 2.75) is 43.8 Å². The van der Waals surface area contributed by atoms with Gasteiger partial charge in [-0.1, -0.05) is 24.3 Å². The van der Waals surface area contributed by atoms with Gasteiger partial charge in [-0.25, -0.2) is 4.39 Å². The van der Waals surface area contributed by atoms with Gasteiger partial charge in [-0.3, -0.25) is 4.79 Å². The molecule has 0 aromatic heterocycles. The molecular weight excluding hydrogens is 417 g/mol. The molecule has 2 bridgehead atoms. The lowest BCUT2D eigenvalue weighted by atomic mass is 9.98. The fourth-order valence-corrected chi connectivity index (χ4v) is 5.52. The second-order valence-corrected chi connectivity index (χ2v) is 9.39. The summed E-state index contributed by atoms with van der Waals surface area (Å²) in [7, 11) is 0. The molecule has 1 amide bonds. The van der Waals surface area contributed by atoms with E-state index in [9.17, 15) is 14.4 Å². The molecule has 2 N–H and O–H groups in total. The lowest BCUT2D eigenvalue weighted by Gasteiger charge is -2.37. The first-order valence-corrected chi connectivity index (χ1v) is 11.9. The van der Waals surface area contributed by atoms with Crippen LogP contribution in [-0.2, 0) is 11.2 Å². The second kappa shape index (κ2) is 9.40. The zero-order valence-electron chi connectivity index (χ0n) is 18.7. The number of benzene rings is 2. The number of rotatable bonds is 6. The largest absolute Gasteiger partial charge is 0.368 e. The molecule has 1 aliphatic carbocycles. The van der Waals surface area contributed by atoms with Gasteiger partial charge in [0.15, 0.2) is 0 Å². The van der Waals surface area contributed by atoms with Gasteiger partial charge < -0.3 is 20.4 Å². The highest BCUT2D eigenvalue weighted by molar-refractivity contribution is 5.83. The molecule has 0 spiro atoms. The Balaban J connectivity index is 1.17. The number of carbonyl (C=O) groups excluding carboxylic acids is 1. The van der Waals surface area contributed by atoms with Gasteiger partial charge in [-0.15, -0.1) is 0 Å². The van der Waals surface area contributed by atoms with Gasteiger partial charge in [0.2, 0.25) is 5.91 Å². The van der Waals surface area contributed by atoms with Crippen LogP contribution in [0, 0.1) is 23.1 Å². The number of carbonyl (C=O) groups is 1. The standard InChI is InChI=1S/C26H30FN5O/c27-24-16-23(32-12-10-31(11-13-32)22-4-2-1-3-5-22)9-7-18(24)14-21(17-28)30-26(33)25-19-6-8-20(15-19)29-25/h1-5,7,9,16,19-21,25,29H,6,8,10-15H2,(H,30,33)/t19?,20?,21-,25?/m0/s1. The molecule has 0 radical (unpaired) electrons. The number of amides is 1. The van der Waals surface area contributed by atoms with Gasteiger partial charge in [0, 0.05) is 50.0 Å². The van der Waals surface area contributed by atoms with Crippen LogP contribution >= 0.6 is 0 Å². The predicted octanol–water partition coefficient (Wildman–Crippen LogP) is 2.84. The van der Waals surface area contributed by atoms with Gasteiger partial charge in [0.1, 0.15) is 11.9 Å². The van der Waals surface area contributed by atoms with Crippen LogP contribution in [-0.4, -0.2) is 50.2 Å². The monoisotopic (exact) mass is 447 g/mol. The molecule has 2 heterocycles. The zero-order chi connectivity index (χ0) is 22.8. The summed E-state index contributed by atoms with van der Waals surface area (Å²) >= 11 is 0. The number of para-hydroxylation sites is 1. The van der Waals surface area contributed by atoms with Crippen LogP contribution in [0.1, 0.15) is 24.8 Å². The minimum atomic E-state index is -0.742. The van der Waals surface area contributed by atoms with E-state index in [2.05, 4.69) is 38.6 Å². The molecule has 7 heteroatoms. The van der Waals surface area contributed by atoms with Gasteiger partial charge >= 0.3 is 0 Å². The van der Waals surface area contributed by atoms with Crippen LogP contribution in [0.25, 0.3) is 0 Å². The van der Waals surface area contributed by atoms with Crippen LogP contribution in [0.2, 0.25) is 0 Å². The molecule has 1 saturated carbocycles. The summed E-state index contributed by atoms with van der Waals surface area (Å²) < 4.78 is 14.9. The molecule has 3 unspecified atom stereocenters. The number of nitriles is 1. The highest BCUT2D eigenvalue weighted by Gasteiger charge is 2.43. The molecule has 4 atom stereocenters. The molecular formula is C26H30FN5O. The normalized spacial score (nSPS) is 25.0. The first-order valence-electron chi connectivity index (χ1n) is 11.9. The highest BCUT2D eigenvalue weighted by atomic mass is 19.1. The number of halogens is 1. The third-order valence-corrected chi connectivity index (χ3v) is 7.34. The summed E-state index contributed by atoms with van der Waals surface area (Å²) in [5, 5.41) is 15.7. The van der Waals surface area contributed by atoms with E-state index in [0.29, 0.717) is 17.5 Å². The Bertz CT molecular complexity index is 1030. The number of piperidine rings is 1. The summed E-state index contributed by atoms with van der Waals surface area (Å²) in [6.45, 7) is 3.40. The average Bonchev–Trinajstić information content (AvgIpc) is 3.49. The maximum atomic E-state index is 14.9. The van der Waals surface area contributed by atoms with Crippen molar-refractivity contribution in [3.8, 4) is 6.07 Å². The second-order valence-electron chi connectivity index (χ2n) is 9.39. The summed E-state index contributed by atoms with van der Waals surface area (Å²) in [6, 6.07) is 17.1. The van der Waals surface area contributed by atoms with E-state index < -0.39 is 6.04 Å². The van der Waals surface area contributed by atoms with Crippen molar-refractivity contribution in [1.29, 1.82) is 5.26 Å². The van der Waals surface area contributed by atoms with Gasteiger partial charge in [0.05, 0.1) is 12.1 Å². The Kier molecular flexibility index (Phi) is 6.19. The average molecular weight is 448 g/mol. The molecule has 172 valence electrons. The van der Waals surface area contributed by atoms with Crippen molar-refractivity contribution in [2.24, 2.45) is 5.92 Å². The van der Waals surface area contributed by atoms with E-state index in [4.69, 9.17) is 0 Å². The molecule has 5 rings (SSSR count). The van der Waals surface area contributed by atoms with E-state index in [1.807, 2.05) is 24.3 Å². The quantitative estimate of drug-likeness (QED) is 0.713. The lowest BCUT2D eigenvalue weighted by Crippen LogP contribution is -2.50. The van der Waals surface area contributed by atoms with Crippen molar-refractivity contribution in [3.05, 3.63) is 59.9 Å². The minimum Gasteiger partial charge on any atom is -0.368 e. The minimum absolute atomic E-state index is 0.137. The van der Waals surface area contributed by atoms with E-state index in [1.54, 1.807) is 12.1 Å². The van der Waals surface area contributed by atoms with Crippen LogP contribution in [0.4, 0.5) is 15.8 Å². The number of piperazine rings is 1. The number of nitrogens with one attached hydrogen (secondary N) is 2. The molecule has 2 aromatic rings. The first-order chi connectivity index (χ1) is 16.1. The Labute approximate surface area is 194 Å². The number of nitrogens with zero attached hydrogens (tertiary/aromatic N) is 3. The third kappa shape index (κ3) is 4.67. The molecule has 33 heavy (non-hydrogen) atoms. The van der Waals surface area contributed by atoms with E-state index in [0.717, 1.165) is 51.1 Å². The first kappa shape index (κ1) is 21.7. The van der Waals surface area contributed by atoms with Crippen molar-refractivity contribution < 1.29 is 9.18 Å². The summed E-state index contributed by atoms with van der Waals surface area (Å²) in [5.74, 6) is -0.111. The topological polar surface area (TPSA) is 71.4 Å². The summed E-state index contributed by atoms with van der Waals surface area (Å²) in [4.78, 5) is 17.2. The smallest absolute Gasteiger partial charge is 0.238 e. The molecule has 2 saturated heterocycles. The molecule has 2 aliphatic heterocycles. The van der Waals surface area contributed by atoms with Crippen molar-refractivity contribution in [2.75, 3.05) is 36.0 Å². The maximum Gasteiger partial charge on any atom is 0.238 e. The number of hydrogen-bond donors (Lipinski definition) is 2. The van der Waals surface area contributed by atoms with Crippen LogP contribution in [0.5, 0.6) is 0 Å². The van der Waals surface area contributed by atoms with Gasteiger partial charge in [-0.2, -0.15) is 5.26 Å². The van der Waals surface area contributed by atoms with Gasteiger partial charge in [0.25, 0.3) is 0 Å². The molecule has 3 aliphatic rings. The number of fused-ring (bicyclic) bond motifs is 2. The van der Waals surface area contributed by atoms with Crippen molar-refractivity contribution in [1.82, 2.24) is 10.6 Å². The number of hydrogen-bond acceptors (Lipinski definition) is 5. The van der Waals surface area contributed by atoms with E-state index >= 15 is 0 Å². The third-order valence-electron chi connectivity index (χ3n) is 7.34. The molecule has 2 aromatic carbocycles. The SMILES string of the molecule is N#C[C@H](Cc1ccc(N2CCN(c3ccccc3)CC2)cc1F)NC(=O)C1NC2CCC1C2. The summed E-state index contributed by atoms with van der Waals surface area (Å²) in [6.07, 6.45) is 3.37. The Morgan fingerprint density at radius 2 is 1.82 bits per heavy atom. The fourth-order valence-electron chi connectivity index (χ4n) is 5.52. The van der Waals surface area contributed by atoms with Crippen LogP contribution in [0.3, 0.4) is 0 Å². The van der Waals surface area contributed by atoms with E-state index in [-0.39, 0.29) is 24.2 Å². The Hall–Kier alpha value is -3.11. The number of anilines is 2. The lowest BCUT2D eigenvalue weighted by molar-refractivity contribution is -0.124. The van der Waals surface area contributed by atoms with Crippen molar-refractivity contribution in [3.63, 3.8) is 0 Å². The Morgan fingerprint density at radius 3 is 2.42 bits per heavy atom.